The number of hydrogen-bond donors (Lipinski definition) is 1. The van der Waals surface area contributed by atoms with Crippen molar-refractivity contribution in [3.05, 3.63) is 88.5 Å². The maximum atomic E-state index is 13.4. The first-order valence-electron chi connectivity index (χ1n) is 9.39. The SMILES string of the molecule is O=C(O)CCc1cn(S(=O)(=O)c2ccc(Cl)c(Cl)c2)c2ccc(-c3ccccc3)cc12. The van der Waals surface area contributed by atoms with Crippen molar-refractivity contribution in [2.75, 3.05) is 0 Å². The summed E-state index contributed by atoms with van der Waals surface area (Å²) in [6.07, 6.45) is 1.58. The fourth-order valence-corrected chi connectivity index (χ4v) is 5.25. The zero-order valence-corrected chi connectivity index (χ0v) is 18.5. The highest BCUT2D eigenvalue weighted by Gasteiger charge is 2.23. The van der Waals surface area contributed by atoms with Gasteiger partial charge in [0, 0.05) is 18.0 Å². The fraction of sp³-hybridized carbons (Fsp3) is 0.0870. The number of halogens is 2. The number of carboxylic acids is 1. The van der Waals surface area contributed by atoms with Gasteiger partial charge in [-0.3, -0.25) is 4.79 Å². The van der Waals surface area contributed by atoms with Gasteiger partial charge in [-0.1, -0.05) is 59.6 Å². The second kappa shape index (κ2) is 8.38. The highest BCUT2D eigenvalue weighted by Crippen LogP contribution is 2.32. The number of aliphatic carboxylic acids is 1. The van der Waals surface area contributed by atoms with Crippen molar-refractivity contribution in [3.8, 4) is 11.1 Å². The Morgan fingerprint density at radius 1 is 0.903 bits per heavy atom. The molecule has 0 amide bonds. The van der Waals surface area contributed by atoms with E-state index < -0.39 is 16.0 Å². The molecule has 0 spiro atoms. The smallest absolute Gasteiger partial charge is 0.303 e. The molecule has 0 aliphatic carbocycles. The number of nitrogens with zero attached hydrogens (tertiary/aromatic N) is 1. The molecule has 0 saturated carbocycles. The fourth-order valence-electron chi connectivity index (χ4n) is 3.47. The van der Waals surface area contributed by atoms with Crippen LogP contribution >= 0.6 is 23.2 Å². The van der Waals surface area contributed by atoms with Crippen LogP contribution in [0.2, 0.25) is 10.0 Å². The monoisotopic (exact) mass is 473 g/mol. The molecule has 0 bridgehead atoms. The van der Waals surface area contributed by atoms with Gasteiger partial charge in [0.25, 0.3) is 10.0 Å². The maximum absolute atomic E-state index is 13.4. The summed E-state index contributed by atoms with van der Waals surface area (Å²) in [5, 5.41) is 10.2. The molecule has 4 rings (SSSR count). The number of carbonyl (C=O) groups is 1. The van der Waals surface area contributed by atoms with Gasteiger partial charge >= 0.3 is 5.97 Å². The second-order valence-electron chi connectivity index (χ2n) is 7.02. The number of rotatable bonds is 6. The van der Waals surface area contributed by atoms with Gasteiger partial charge in [0.1, 0.15) is 0 Å². The second-order valence-corrected chi connectivity index (χ2v) is 9.65. The Morgan fingerprint density at radius 3 is 2.32 bits per heavy atom. The minimum absolute atomic E-state index is 0.00396. The number of aromatic nitrogens is 1. The van der Waals surface area contributed by atoms with Crippen LogP contribution in [0.3, 0.4) is 0 Å². The van der Waals surface area contributed by atoms with Crippen LogP contribution in [-0.2, 0) is 21.2 Å². The summed E-state index contributed by atoms with van der Waals surface area (Å²) < 4.78 is 27.9. The van der Waals surface area contributed by atoms with E-state index in [9.17, 15) is 13.2 Å². The van der Waals surface area contributed by atoms with Gasteiger partial charge in [-0.25, -0.2) is 12.4 Å². The van der Waals surface area contributed by atoms with Crippen LogP contribution in [-0.4, -0.2) is 23.5 Å². The van der Waals surface area contributed by atoms with Crippen LogP contribution in [0.1, 0.15) is 12.0 Å². The Kier molecular flexibility index (Phi) is 5.79. The lowest BCUT2D eigenvalue weighted by Gasteiger charge is -2.09. The highest BCUT2D eigenvalue weighted by atomic mass is 35.5. The van der Waals surface area contributed by atoms with Crippen LogP contribution < -0.4 is 0 Å². The van der Waals surface area contributed by atoms with Crippen LogP contribution in [0, 0.1) is 0 Å². The molecule has 1 aromatic heterocycles. The largest absolute Gasteiger partial charge is 0.481 e. The lowest BCUT2D eigenvalue weighted by molar-refractivity contribution is -0.136. The van der Waals surface area contributed by atoms with E-state index in [1.807, 2.05) is 42.5 Å². The zero-order valence-electron chi connectivity index (χ0n) is 16.1. The van der Waals surface area contributed by atoms with Crippen molar-refractivity contribution >= 4 is 50.1 Å². The molecule has 0 unspecified atom stereocenters. The lowest BCUT2D eigenvalue weighted by atomic mass is 10.0. The molecule has 1 heterocycles. The molecule has 0 fully saturated rings. The normalized spacial score (nSPS) is 11.7. The van der Waals surface area contributed by atoms with Crippen LogP contribution in [0.25, 0.3) is 22.0 Å². The predicted octanol–water partition coefficient (Wildman–Crippen LogP) is 5.87. The van der Waals surface area contributed by atoms with E-state index in [1.54, 1.807) is 6.07 Å². The molecule has 0 aliphatic heterocycles. The van der Waals surface area contributed by atoms with Crippen molar-refractivity contribution < 1.29 is 18.3 Å². The van der Waals surface area contributed by atoms with E-state index in [2.05, 4.69) is 0 Å². The standard InChI is InChI=1S/C23H17Cl2NO4S/c24-20-9-8-18(13-21(20)25)31(29,30)26-14-17(7-11-23(27)28)19-12-16(6-10-22(19)26)15-4-2-1-3-5-15/h1-6,8-10,12-14H,7,11H2,(H,27,28). The number of carboxylic acid groups (broad SMARTS) is 1. The summed E-state index contributed by atoms with van der Waals surface area (Å²) in [5.41, 5.74) is 2.99. The number of fused-ring (bicyclic) bond motifs is 1. The first-order chi connectivity index (χ1) is 14.8. The third-order valence-electron chi connectivity index (χ3n) is 5.02. The Balaban J connectivity index is 1.91. The molecule has 0 radical (unpaired) electrons. The number of benzene rings is 3. The summed E-state index contributed by atoms with van der Waals surface area (Å²) in [4.78, 5) is 11.1. The molecule has 5 nitrogen and oxygen atoms in total. The maximum Gasteiger partial charge on any atom is 0.303 e. The molecule has 3 aromatic carbocycles. The Bertz CT molecular complexity index is 1400. The minimum atomic E-state index is -3.97. The van der Waals surface area contributed by atoms with Crippen LogP contribution in [0.15, 0.2) is 77.8 Å². The molecule has 0 aliphatic rings. The third-order valence-corrected chi connectivity index (χ3v) is 7.42. The molecule has 0 saturated heterocycles. The van der Waals surface area contributed by atoms with Crippen molar-refractivity contribution in [2.45, 2.75) is 17.7 Å². The first kappa shape index (κ1) is 21.4. The average molecular weight is 474 g/mol. The minimum Gasteiger partial charge on any atom is -0.481 e. The van der Waals surface area contributed by atoms with Gasteiger partial charge in [-0.2, -0.15) is 0 Å². The van der Waals surface area contributed by atoms with Gasteiger partial charge in [0.05, 0.1) is 20.5 Å². The van der Waals surface area contributed by atoms with E-state index in [0.717, 1.165) is 11.1 Å². The Labute approximate surface area is 189 Å². The van der Waals surface area contributed by atoms with Crippen molar-refractivity contribution in [1.29, 1.82) is 0 Å². The van der Waals surface area contributed by atoms with E-state index in [0.29, 0.717) is 16.5 Å². The molecule has 1 N–H and O–H groups in total. The summed E-state index contributed by atoms with van der Waals surface area (Å²) in [6.45, 7) is 0. The van der Waals surface area contributed by atoms with Gasteiger partial charge in [0.15, 0.2) is 0 Å². The quantitative estimate of drug-likeness (QED) is 0.379. The van der Waals surface area contributed by atoms with Crippen molar-refractivity contribution in [1.82, 2.24) is 3.97 Å². The van der Waals surface area contributed by atoms with E-state index in [4.69, 9.17) is 28.3 Å². The summed E-state index contributed by atoms with van der Waals surface area (Å²) >= 11 is 12.0. The molecule has 158 valence electrons. The van der Waals surface area contributed by atoms with Gasteiger partial charge in [-0.05, 0) is 53.4 Å². The Hall–Kier alpha value is -2.80. The van der Waals surface area contributed by atoms with E-state index in [-0.39, 0.29) is 27.8 Å². The van der Waals surface area contributed by atoms with Crippen LogP contribution in [0.5, 0.6) is 0 Å². The average Bonchev–Trinajstić information content (AvgIpc) is 3.13. The van der Waals surface area contributed by atoms with Crippen LogP contribution in [0.4, 0.5) is 0 Å². The molecule has 8 heteroatoms. The summed E-state index contributed by atoms with van der Waals surface area (Å²) in [6, 6.07) is 19.3. The first-order valence-corrected chi connectivity index (χ1v) is 11.6. The van der Waals surface area contributed by atoms with Gasteiger partial charge in [0.2, 0.25) is 0 Å². The summed E-state index contributed by atoms with van der Waals surface area (Å²) in [5.74, 6) is -0.951. The highest BCUT2D eigenvalue weighted by molar-refractivity contribution is 7.90. The van der Waals surface area contributed by atoms with E-state index in [1.165, 1.54) is 28.4 Å². The molecule has 4 aromatic rings. The van der Waals surface area contributed by atoms with Crippen molar-refractivity contribution in [3.63, 3.8) is 0 Å². The molecule has 0 atom stereocenters. The third kappa shape index (κ3) is 4.19. The molecule has 31 heavy (non-hydrogen) atoms. The molecular formula is C23H17Cl2NO4S. The van der Waals surface area contributed by atoms with E-state index >= 15 is 0 Å². The predicted molar refractivity (Wildman–Crippen MR) is 122 cm³/mol. The number of hydrogen-bond acceptors (Lipinski definition) is 3. The molecular weight excluding hydrogens is 457 g/mol. The lowest BCUT2D eigenvalue weighted by Crippen LogP contribution is -2.12. The zero-order chi connectivity index (χ0) is 22.2. The number of aryl methyl sites for hydroxylation is 1. The van der Waals surface area contributed by atoms with Gasteiger partial charge < -0.3 is 5.11 Å². The summed E-state index contributed by atoms with van der Waals surface area (Å²) in [7, 11) is -3.97. The van der Waals surface area contributed by atoms with Crippen molar-refractivity contribution in [2.24, 2.45) is 0 Å². The Morgan fingerprint density at radius 2 is 1.65 bits per heavy atom. The topological polar surface area (TPSA) is 76.4 Å². The van der Waals surface area contributed by atoms with Gasteiger partial charge in [-0.15, -0.1) is 0 Å².